The molecule has 0 spiro atoms. The summed E-state index contributed by atoms with van der Waals surface area (Å²) in [5.74, 6) is -0.880. The lowest BCUT2D eigenvalue weighted by Gasteiger charge is -2.24. The first-order valence-electron chi connectivity index (χ1n) is 6.95. The minimum absolute atomic E-state index is 0.282. The molecule has 0 aliphatic carbocycles. The third kappa shape index (κ3) is 3.61. The number of carbonyl (C=O) groups is 1. The predicted octanol–water partition coefficient (Wildman–Crippen LogP) is 0.856. The Labute approximate surface area is 125 Å². The maximum Gasteiger partial charge on any atom is 0.320 e. The van der Waals surface area contributed by atoms with Crippen molar-refractivity contribution in [2.45, 2.75) is 24.3 Å². The van der Waals surface area contributed by atoms with Gasteiger partial charge in [-0.3, -0.25) is 9.69 Å². The van der Waals surface area contributed by atoms with Crippen LogP contribution in [-0.2, 0) is 14.8 Å². The Kier molecular flexibility index (Phi) is 4.97. The number of carboxylic acid groups (broad SMARTS) is 1. The predicted molar refractivity (Wildman–Crippen MR) is 78.5 cm³/mol. The van der Waals surface area contributed by atoms with Gasteiger partial charge in [-0.1, -0.05) is 18.2 Å². The normalized spacial score (nSPS) is 19.9. The van der Waals surface area contributed by atoms with Gasteiger partial charge in [0.25, 0.3) is 0 Å². The number of nitrogens with zero attached hydrogens (tertiary/aromatic N) is 2. The van der Waals surface area contributed by atoms with Crippen LogP contribution in [0, 0.1) is 0 Å². The smallest absolute Gasteiger partial charge is 0.320 e. The summed E-state index contributed by atoms with van der Waals surface area (Å²) in [6.07, 6.45) is 0.629. The Balaban J connectivity index is 2.11. The van der Waals surface area contributed by atoms with Gasteiger partial charge in [0, 0.05) is 26.2 Å². The molecule has 1 heterocycles. The van der Waals surface area contributed by atoms with Crippen molar-refractivity contribution in [3.05, 3.63) is 30.3 Å². The highest BCUT2D eigenvalue weighted by Gasteiger charge is 2.29. The molecule has 1 atom stereocenters. The topological polar surface area (TPSA) is 77.9 Å². The fraction of sp³-hybridized carbons (Fsp3) is 0.500. The number of rotatable bonds is 4. The van der Waals surface area contributed by atoms with Crippen LogP contribution >= 0.6 is 0 Å². The summed E-state index contributed by atoms with van der Waals surface area (Å²) in [5.41, 5.74) is 0. The number of carboxylic acids is 1. The Bertz CT molecular complexity index is 588. The average molecular weight is 312 g/mol. The van der Waals surface area contributed by atoms with E-state index in [0.717, 1.165) is 0 Å². The number of hydrogen-bond donors (Lipinski definition) is 1. The lowest BCUT2D eigenvalue weighted by atomic mass is 10.2. The number of sulfonamides is 1. The maximum absolute atomic E-state index is 12.5. The van der Waals surface area contributed by atoms with Gasteiger partial charge in [0.2, 0.25) is 10.0 Å². The molecule has 0 bridgehead atoms. The molecule has 1 aliphatic rings. The minimum atomic E-state index is -3.50. The van der Waals surface area contributed by atoms with Crippen molar-refractivity contribution >= 4 is 16.0 Å². The molecule has 1 aromatic rings. The van der Waals surface area contributed by atoms with Crippen LogP contribution in [-0.4, -0.2) is 60.9 Å². The van der Waals surface area contributed by atoms with Crippen molar-refractivity contribution in [2.24, 2.45) is 0 Å². The molecule has 1 aliphatic heterocycles. The molecule has 0 radical (unpaired) electrons. The van der Waals surface area contributed by atoms with E-state index in [-0.39, 0.29) is 4.90 Å². The summed E-state index contributed by atoms with van der Waals surface area (Å²) < 4.78 is 26.5. The van der Waals surface area contributed by atoms with Crippen molar-refractivity contribution < 1.29 is 18.3 Å². The fourth-order valence-electron chi connectivity index (χ4n) is 2.44. The molecule has 6 nitrogen and oxygen atoms in total. The molecule has 21 heavy (non-hydrogen) atoms. The lowest BCUT2D eigenvalue weighted by molar-refractivity contribution is -0.142. The zero-order valence-corrected chi connectivity index (χ0v) is 12.8. The van der Waals surface area contributed by atoms with E-state index in [0.29, 0.717) is 32.6 Å². The first kappa shape index (κ1) is 15.9. The molecule has 1 saturated heterocycles. The van der Waals surface area contributed by atoms with Crippen LogP contribution in [0.5, 0.6) is 0 Å². The van der Waals surface area contributed by atoms with Crippen LogP contribution in [0.1, 0.15) is 13.3 Å². The van der Waals surface area contributed by atoms with E-state index in [9.17, 15) is 13.2 Å². The second-order valence-corrected chi connectivity index (χ2v) is 7.06. The molecule has 116 valence electrons. The molecule has 1 unspecified atom stereocenters. The van der Waals surface area contributed by atoms with E-state index < -0.39 is 22.0 Å². The number of aliphatic carboxylic acids is 1. The van der Waals surface area contributed by atoms with Crippen molar-refractivity contribution in [3.63, 3.8) is 0 Å². The highest BCUT2D eigenvalue weighted by Crippen LogP contribution is 2.18. The van der Waals surface area contributed by atoms with E-state index in [4.69, 9.17) is 5.11 Å². The molecular weight excluding hydrogens is 292 g/mol. The Morgan fingerprint density at radius 3 is 2.43 bits per heavy atom. The molecule has 7 heteroatoms. The van der Waals surface area contributed by atoms with E-state index in [2.05, 4.69) is 0 Å². The van der Waals surface area contributed by atoms with Crippen LogP contribution < -0.4 is 0 Å². The van der Waals surface area contributed by atoms with Crippen molar-refractivity contribution in [3.8, 4) is 0 Å². The van der Waals surface area contributed by atoms with E-state index >= 15 is 0 Å². The molecular formula is C14H20N2O4S. The Hall–Kier alpha value is -1.44. The summed E-state index contributed by atoms with van der Waals surface area (Å²) in [5, 5.41) is 9.06. The summed E-state index contributed by atoms with van der Waals surface area (Å²) in [7, 11) is -3.50. The highest BCUT2D eigenvalue weighted by atomic mass is 32.2. The summed E-state index contributed by atoms with van der Waals surface area (Å²) in [6, 6.07) is 7.74. The lowest BCUT2D eigenvalue weighted by Crippen LogP contribution is -2.41. The van der Waals surface area contributed by atoms with Crippen molar-refractivity contribution in [2.75, 3.05) is 26.2 Å². The van der Waals surface area contributed by atoms with Gasteiger partial charge in [-0.25, -0.2) is 8.42 Å². The Morgan fingerprint density at radius 1 is 1.14 bits per heavy atom. The zero-order chi connectivity index (χ0) is 15.5. The molecule has 1 aromatic carbocycles. The largest absolute Gasteiger partial charge is 0.480 e. The Morgan fingerprint density at radius 2 is 1.81 bits per heavy atom. The van der Waals surface area contributed by atoms with Crippen LogP contribution in [0.25, 0.3) is 0 Å². The fourth-order valence-corrected chi connectivity index (χ4v) is 3.93. The third-order valence-corrected chi connectivity index (χ3v) is 5.69. The quantitative estimate of drug-likeness (QED) is 0.892. The molecule has 0 amide bonds. The molecule has 2 rings (SSSR count). The summed E-state index contributed by atoms with van der Waals surface area (Å²) >= 11 is 0. The molecule has 0 saturated carbocycles. The number of benzene rings is 1. The first-order chi connectivity index (χ1) is 9.93. The van der Waals surface area contributed by atoms with Gasteiger partial charge in [-0.05, 0) is 25.5 Å². The van der Waals surface area contributed by atoms with Gasteiger partial charge in [-0.2, -0.15) is 4.31 Å². The minimum Gasteiger partial charge on any atom is -0.480 e. The van der Waals surface area contributed by atoms with E-state index in [1.54, 1.807) is 37.3 Å². The SMILES string of the molecule is CC(C(=O)O)N1CCCN(S(=O)(=O)c2ccccc2)CC1. The molecule has 1 N–H and O–H groups in total. The molecule has 1 fully saturated rings. The van der Waals surface area contributed by atoms with E-state index in [1.165, 1.54) is 4.31 Å². The summed E-state index contributed by atoms with van der Waals surface area (Å²) in [4.78, 5) is 13.1. The standard InChI is InChI=1S/C14H20N2O4S/c1-12(14(17)18)15-8-5-9-16(11-10-15)21(19,20)13-6-3-2-4-7-13/h2-4,6-7,12H,5,8-11H2,1H3,(H,17,18). The van der Waals surface area contributed by atoms with Gasteiger partial charge < -0.3 is 5.11 Å². The van der Waals surface area contributed by atoms with Gasteiger partial charge in [-0.15, -0.1) is 0 Å². The van der Waals surface area contributed by atoms with Crippen molar-refractivity contribution in [1.29, 1.82) is 0 Å². The van der Waals surface area contributed by atoms with Gasteiger partial charge in [0.15, 0.2) is 0 Å². The monoisotopic (exact) mass is 312 g/mol. The second kappa shape index (κ2) is 6.55. The third-order valence-electron chi connectivity index (χ3n) is 3.78. The van der Waals surface area contributed by atoms with Gasteiger partial charge >= 0.3 is 5.97 Å². The second-order valence-electron chi connectivity index (χ2n) is 5.12. The van der Waals surface area contributed by atoms with Crippen LogP contribution in [0.3, 0.4) is 0 Å². The van der Waals surface area contributed by atoms with Gasteiger partial charge in [0.1, 0.15) is 6.04 Å². The van der Waals surface area contributed by atoms with Crippen LogP contribution in [0.4, 0.5) is 0 Å². The van der Waals surface area contributed by atoms with Crippen molar-refractivity contribution in [1.82, 2.24) is 9.21 Å². The van der Waals surface area contributed by atoms with Crippen LogP contribution in [0.2, 0.25) is 0 Å². The van der Waals surface area contributed by atoms with Gasteiger partial charge in [0.05, 0.1) is 4.90 Å². The van der Waals surface area contributed by atoms with E-state index in [1.807, 2.05) is 4.90 Å². The molecule has 0 aromatic heterocycles. The number of hydrogen-bond acceptors (Lipinski definition) is 4. The summed E-state index contributed by atoms with van der Waals surface area (Å²) in [6.45, 7) is 3.38. The maximum atomic E-state index is 12.5. The highest BCUT2D eigenvalue weighted by molar-refractivity contribution is 7.89. The average Bonchev–Trinajstić information content (AvgIpc) is 2.73. The van der Waals surface area contributed by atoms with Crippen LogP contribution in [0.15, 0.2) is 35.2 Å². The first-order valence-corrected chi connectivity index (χ1v) is 8.39. The zero-order valence-electron chi connectivity index (χ0n) is 12.0.